The Kier molecular flexibility index (Phi) is 2.67. The summed E-state index contributed by atoms with van der Waals surface area (Å²) in [6, 6.07) is 1.63. The Morgan fingerprint density at radius 3 is 1.43 bits per heavy atom. The number of rotatable bonds is 8. The number of hydrogen-bond donors (Lipinski definition) is 2. The molecule has 0 aromatic rings. The van der Waals surface area contributed by atoms with Crippen molar-refractivity contribution in [2.45, 2.75) is 184 Å². The molecule has 0 aromatic heterocycles. The molecule has 12 saturated heterocycles. The summed E-state index contributed by atoms with van der Waals surface area (Å²) in [5.74, 6) is 9.36. The van der Waals surface area contributed by atoms with Crippen molar-refractivity contribution in [2.24, 2.45) is 47.3 Å². The molecule has 20 rings (SSSR count). The Morgan fingerprint density at radius 2 is 1.08 bits per heavy atom. The zero-order chi connectivity index (χ0) is 31.8. The van der Waals surface area contributed by atoms with Gasteiger partial charge >= 0.3 is 293 Å². The maximum absolute atomic E-state index is 4.42. The summed E-state index contributed by atoms with van der Waals surface area (Å²) >= 11 is 0. The summed E-state index contributed by atoms with van der Waals surface area (Å²) in [4.78, 5) is 9.98. The van der Waals surface area contributed by atoms with Crippen LogP contribution in [0, 0.1) is 47.3 Å². The number of hydrogen-bond acceptors (Lipinski definition) is 2. The fraction of sp³-hybridized carbons (Fsp3) is 1.00. The molecule has 8 saturated carbocycles. The molecule has 8 unspecified atom stereocenters. The first-order valence-corrected chi connectivity index (χ1v) is 34.5. The van der Waals surface area contributed by atoms with Crippen molar-refractivity contribution in [1.29, 1.82) is 0 Å². The van der Waals surface area contributed by atoms with Crippen LogP contribution in [0.25, 0.3) is 0 Å². The van der Waals surface area contributed by atoms with Crippen LogP contribution >= 0.6 is 17.2 Å². The van der Waals surface area contributed by atoms with Gasteiger partial charge in [-0.05, 0) is 0 Å². The van der Waals surface area contributed by atoms with Crippen LogP contribution in [0.15, 0.2) is 0 Å². The van der Waals surface area contributed by atoms with E-state index in [1.165, 1.54) is 107 Å². The van der Waals surface area contributed by atoms with Crippen molar-refractivity contribution in [1.82, 2.24) is 10.6 Å². The molecule has 270 valence electrons. The predicted molar refractivity (Wildman–Crippen MR) is 206 cm³/mol. The maximum atomic E-state index is 4.42. The molecular formula is C43H66FeN2P2Si. The van der Waals surface area contributed by atoms with Crippen LogP contribution in [0.1, 0.15) is 89.9 Å². The average Bonchev–Trinajstić information content (AvgIpc) is 3.84. The van der Waals surface area contributed by atoms with Gasteiger partial charge in [0, 0.05) is 0 Å². The van der Waals surface area contributed by atoms with Crippen molar-refractivity contribution < 1.29 is 6.51 Å². The first kappa shape index (κ1) is 27.2. The van der Waals surface area contributed by atoms with Crippen molar-refractivity contribution in [3.05, 3.63) is 0 Å². The van der Waals surface area contributed by atoms with Gasteiger partial charge in [0.05, 0.1) is 0 Å². The Bertz CT molecular complexity index is 2000. The molecule has 0 radical (unpaired) electrons. The fourth-order valence-electron chi connectivity index (χ4n) is 33.6. The second-order valence-electron chi connectivity index (χ2n) is 27.0. The van der Waals surface area contributed by atoms with Crippen LogP contribution in [-0.4, -0.2) is 55.9 Å². The van der Waals surface area contributed by atoms with Gasteiger partial charge in [-0.25, -0.2) is 0 Å². The zero-order valence-electron chi connectivity index (χ0n) is 30.9. The molecule has 20 aliphatic rings. The van der Waals surface area contributed by atoms with E-state index in [0.717, 1.165) is 48.3 Å². The molecule has 12 aliphatic heterocycles. The molecule has 0 aromatic carbocycles. The van der Waals surface area contributed by atoms with Gasteiger partial charge in [0.15, 0.2) is 0 Å². The van der Waals surface area contributed by atoms with Crippen LogP contribution in [0.5, 0.6) is 0 Å². The van der Waals surface area contributed by atoms with E-state index in [1.54, 1.807) is 64.2 Å². The van der Waals surface area contributed by atoms with Gasteiger partial charge in [-0.15, -0.1) is 0 Å². The second kappa shape index (κ2) is 4.82. The molecule has 6 heteroatoms. The Hall–Kier alpha value is 1.52. The molecule has 8 bridgehead atoms. The van der Waals surface area contributed by atoms with Crippen molar-refractivity contribution >= 4 is 25.2 Å². The van der Waals surface area contributed by atoms with E-state index >= 15 is 0 Å². The minimum atomic E-state index is -4.02. The minimum absolute atomic E-state index is 0.172. The van der Waals surface area contributed by atoms with Crippen LogP contribution in [0.2, 0.25) is 65.9 Å². The summed E-state index contributed by atoms with van der Waals surface area (Å²) in [6.07, 6.45) is 24.8. The molecule has 1 spiro atoms. The molecule has 49 heavy (non-hydrogen) atoms. The molecular weight excluding hydrogens is 690 g/mol. The summed E-state index contributed by atoms with van der Waals surface area (Å²) in [5, 5.41) is 9.34. The summed E-state index contributed by atoms with van der Waals surface area (Å²) in [7, 11) is 2.97. The van der Waals surface area contributed by atoms with Gasteiger partial charge in [0.1, 0.15) is 0 Å². The van der Waals surface area contributed by atoms with E-state index < -0.39 is 14.6 Å². The summed E-state index contributed by atoms with van der Waals surface area (Å²) in [5.41, 5.74) is 2.47. The second-order valence-corrected chi connectivity index (χ2v) is 59.3. The Labute approximate surface area is 291 Å². The van der Waals surface area contributed by atoms with E-state index in [4.69, 9.17) is 0 Å². The van der Waals surface area contributed by atoms with E-state index in [2.05, 4.69) is 39.5 Å². The van der Waals surface area contributed by atoms with Crippen LogP contribution in [0.4, 0.5) is 0 Å². The third-order valence-electron chi connectivity index (χ3n) is 29.8. The van der Waals surface area contributed by atoms with Crippen molar-refractivity contribution in [2.75, 3.05) is 19.3 Å². The number of fused-ring (bicyclic) bond motifs is 10. The first-order chi connectivity index (χ1) is 23.5. The summed E-state index contributed by atoms with van der Waals surface area (Å²) in [6.45, 7) is 7.67. The topological polar surface area (TPSA) is 24.1 Å². The molecule has 12 heterocycles. The van der Waals surface area contributed by atoms with Gasteiger partial charge in [-0.1, -0.05) is 0 Å². The van der Waals surface area contributed by atoms with Gasteiger partial charge in [-0.3, -0.25) is 0 Å². The molecule has 8 aliphatic carbocycles. The molecule has 8 atom stereocenters. The average molecular weight is 757 g/mol. The van der Waals surface area contributed by atoms with E-state index in [1.807, 2.05) is 6.16 Å². The fourth-order valence-corrected chi connectivity index (χ4v) is 151. The number of nitrogens with one attached hydrogen (secondary N) is 2. The van der Waals surface area contributed by atoms with Crippen molar-refractivity contribution in [3.63, 3.8) is 0 Å². The van der Waals surface area contributed by atoms with Crippen molar-refractivity contribution in [3.8, 4) is 0 Å². The first-order valence-electron chi connectivity index (χ1n) is 22.7. The van der Waals surface area contributed by atoms with Crippen LogP contribution in [0.3, 0.4) is 0 Å². The SMILES string of the molecule is C[Si](C)(C)[C]12[CH]3[C]4(CP(C5C6CC7CC(C6)CC5C7)C5C6CC7CC(C6)CC5C7)[C]5(C(P)(C6CCCN6)C6CCCN6)[CH]1[Fe]34521678[CH]2[CH]1[CH]6[CH]7[CH]28. The molecule has 20 fully saturated rings. The summed E-state index contributed by atoms with van der Waals surface area (Å²) < 4.78 is 2.97. The van der Waals surface area contributed by atoms with E-state index in [0.29, 0.717) is 5.16 Å². The quantitative estimate of drug-likeness (QED) is 0.190. The van der Waals surface area contributed by atoms with Crippen LogP contribution < -0.4 is 10.6 Å². The Morgan fingerprint density at radius 1 is 0.653 bits per heavy atom. The standard InChI is InChI=1S/C38H61N2P2Si.C5H5.Fe/c1-43(2,3)32-20-31(33(21-32)38(41,34-6-4-8-39-34)35-7-5-9-40-35)22-42(36-27-12-23-10-24(14-27)15-28(36)13-23)37-29-16-25-11-26(18-29)19-30(37)17-25;1-2-4-5-3-1;/h20-21,23-30,34-37,39-40H,4-19,22,41H2,1-3H3;1-5H;. The Balaban J connectivity index is 0.903. The van der Waals surface area contributed by atoms with Gasteiger partial charge in [0.2, 0.25) is 0 Å². The van der Waals surface area contributed by atoms with Gasteiger partial charge < -0.3 is 0 Å². The molecule has 2 N–H and O–H groups in total. The normalized spacial score (nSPS) is 83.3. The van der Waals surface area contributed by atoms with Gasteiger partial charge in [0.25, 0.3) is 0 Å². The van der Waals surface area contributed by atoms with E-state index in [9.17, 15) is 0 Å². The van der Waals surface area contributed by atoms with Gasteiger partial charge in [-0.2, -0.15) is 0 Å². The monoisotopic (exact) mass is 756 g/mol. The third-order valence-corrected chi connectivity index (χ3v) is 89.0. The zero-order valence-corrected chi connectivity index (χ0v) is 35.0. The van der Waals surface area contributed by atoms with Crippen LogP contribution in [-0.2, 0) is 6.51 Å². The van der Waals surface area contributed by atoms with E-state index in [-0.39, 0.29) is 7.92 Å². The molecule has 0 amide bonds. The third kappa shape index (κ3) is 0.890. The predicted octanol–water partition coefficient (Wildman–Crippen LogP) is 10.6. The molecule has 2 nitrogen and oxygen atoms in total.